The number of imide groups is 1. The van der Waals surface area contributed by atoms with Crippen LogP contribution in [0.4, 0.5) is 13.2 Å². The maximum atomic E-state index is 13.1. The monoisotopic (exact) mass is 556 g/mol. The number of rotatable bonds is 8. The molecular weight excluding hydrogens is 525 g/mol. The summed E-state index contributed by atoms with van der Waals surface area (Å²) in [4.78, 5) is 53.5. The molecule has 0 bridgehead atoms. The number of alkyl halides is 3. The Morgan fingerprint density at radius 2 is 1.82 bits per heavy atom. The smallest absolute Gasteiger partial charge is 0.351 e. The van der Waals surface area contributed by atoms with Crippen molar-refractivity contribution >= 4 is 23.6 Å². The maximum Gasteiger partial charge on any atom is 0.416 e. The van der Waals surface area contributed by atoms with E-state index in [4.69, 9.17) is 0 Å². The molecule has 0 saturated carbocycles. The number of benzene rings is 2. The quantitative estimate of drug-likeness (QED) is 0.487. The molecule has 2 saturated heterocycles. The Morgan fingerprint density at radius 1 is 1.05 bits per heavy atom. The fourth-order valence-electron chi connectivity index (χ4n) is 5.87. The van der Waals surface area contributed by atoms with Crippen LogP contribution in [0.1, 0.15) is 64.7 Å². The molecule has 2 N–H and O–H groups in total. The molecule has 0 aromatic heterocycles. The van der Waals surface area contributed by atoms with Gasteiger partial charge in [-0.1, -0.05) is 24.3 Å². The average Bonchev–Trinajstić information content (AvgIpc) is 3.52. The number of nitrogens with zero attached hydrogens (tertiary/aromatic N) is 2. The van der Waals surface area contributed by atoms with Gasteiger partial charge in [-0.05, 0) is 80.1 Å². The number of piperidine rings is 1. The SMILES string of the molecule is O=C1CCC(N2Cc3c(CCCN4CCCC4C(=O)NCc4ccc(C(F)(F)F)cc4)cccc3C2=O)C(=O)N1. The minimum Gasteiger partial charge on any atom is -0.351 e. The normalized spacial score (nSPS) is 21.5. The Kier molecular flexibility index (Phi) is 7.93. The summed E-state index contributed by atoms with van der Waals surface area (Å²) in [6.07, 6.45) is -0.797. The topological polar surface area (TPSA) is 98.8 Å². The van der Waals surface area contributed by atoms with Gasteiger partial charge in [-0.3, -0.25) is 29.4 Å². The molecule has 40 heavy (non-hydrogen) atoms. The highest BCUT2D eigenvalue weighted by Gasteiger charge is 2.40. The van der Waals surface area contributed by atoms with Gasteiger partial charge in [0.05, 0.1) is 11.6 Å². The third-order valence-corrected chi connectivity index (χ3v) is 7.98. The molecule has 2 aromatic rings. The van der Waals surface area contributed by atoms with Gasteiger partial charge >= 0.3 is 6.18 Å². The highest BCUT2D eigenvalue weighted by atomic mass is 19.4. The molecular formula is C29H31F3N4O4. The van der Waals surface area contributed by atoms with Crippen LogP contribution in [0.5, 0.6) is 0 Å². The summed E-state index contributed by atoms with van der Waals surface area (Å²) in [6, 6.07) is 9.43. The van der Waals surface area contributed by atoms with Crippen molar-refractivity contribution in [3.8, 4) is 0 Å². The number of nitrogens with one attached hydrogen (secondary N) is 2. The molecule has 8 nitrogen and oxygen atoms in total. The summed E-state index contributed by atoms with van der Waals surface area (Å²) >= 11 is 0. The minimum absolute atomic E-state index is 0.136. The first-order valence-electron chi connectivity index (χ1n) is 13.5. The molecule has 2 fully saturated rings. The fourth-order valence-corrected chi connectivity index (χ4v) is 5.87. The highest BCUT2D eigenvalue weighted by molar-refractivity contribution is 6.05. The molecule has 5 rings (SSSR count). The van der Waals surface area contributed by atoms with Gasteiger partial charge in [-0.2, -0.15) is 13.2 Å². The number of carbonyl (C=O) groups is 4. The summed E-state index contributed by atoms with van der Waals surface area (Å²) in [5.41, 5.74) is 2.41. The molecule has 11 heteroatoms. The van der Waals surface area contributed by atoms with Crippen LogP contribution in [0, 0.1) is 0 Å². The van der Waals surface area contributed by atoms with E-state index in [9.17, 15) is 32.3 Å². The second kappa shape index (κ2) is 11.4. The van der Waals surface area contributed by atoms with Gasteiger partial charge in [0.25, 0.3) is 5.91 Å². The number of amides is 4. The van der Waals surface area contributed by atoms with Crippen molar-refractivity contribution in [2.75, 3.05) is 13.1 Å². The lowest BCUT2D eigenvalue weighted by molar-refractivity contribution is -0.138. The van der Waals surface area contributed by atoms with E-state index in [1.54, 1.807) is 11.0 Å². The Hall–Kier alpha value is -3.73. The predicted molar refractivity (Wildman–Crippen MR) is 139 cm³/mol. The van der Waals surface area contributed by atoms with Gasteiger partial charge in [0.1, 0.15) is 6.04 Å². The fraction of sp³-hybridized carbons (Fsp3) is 0.448. The number of halogens is 3. The standard InChI is InChI=1S/C29H31F3N4O4/c30-29(31,32)20-10-8-18(9-11-20)16-33-26(38)23-7-3-15-35(23)14-2-5-19-4-1-6-21-22(19)17-36(28(21)40)24-12-13-25(37)34-27(24)39/h1,4,6,8-11,23-24H,2-3,5,7,12-17H2,(H,33,38)(H,34,37,39). The van der Waals surface area contributed by atoms with Gasteiger partial charge in [-0.25, -0.2) is 0 Å². The van der Waals surface area contributed by atoms with Crippen molar-refractivity contribution in [1.29, 1.82) is 0 Å². The maximum absolute atomic E-state index is 13.1. The van der Waals surface area contributed by atoms with Crippen molar-refractivity contribution in [2.45, 2.75) is 69.9 Å². The van der Waals surface area contributed by atoms with Gasteiger partial charge < -0.3 is 10.2 Å². The van der Waals surface area contributed by atoms with E-state index in [-0.39, 0.29) is 36.7 Å². The molecule has 3 aliphatic heterocycles. The van der Waals surface area contributed by atoms with Gasteiger partial charge in [0, 0.05) is 25.1 Å². The summed E-state index contributed by atoms with van der Waals surface area (Å²) in [5, 5.41) is 5.18. The van der Waals surface area contributed by atoms with Crippen LogP contribution in [0.25, 0.3) is 0 Å². The van der Waals surface area contributed by atoms with E-state index in [0.717, 1.165) is 49.1 Å². The van der Waals surface area contributed by atoms with Crippen LogP contribution in [-0.2, 0) is 40.1 Å². The number of aryl methyl sites for hydroxylation is 1. The zero-order valence-corrected chi connectivity index (χ0v) is 21.9. The van der Waals surface area contributed by atoms with E-state index >= 15 is 0 Å². The van der Waals surface area contributed by atoms with E-state index in [0.29, 0.717) is 37.1 Å². The summed E-state index contributed by atoms with van der Waals surface area (Å²) < 4.78 is 38.3. The first-order valence-corrected chi connectivity index (χ1v) is 13.5. The van der Waals surface area contributed by atoms with Crippen LogP contribution < -0.4 is 10.6 Å². The van der Waals surface area contributed by atoms with Crippen LogP contribution in [0.15, 0.2) is 42.5 Å². The third kappa shape index (κ3) is 5.89. The molecule has 4 amide bonds. The molecule has 0 spiro atoms. The zero-order chi connectivity index (χ0) is 28.4. The van der Waals surface area contributed by atoms with Crippen molar-refractivity contribution in [3.05, 3.63) is 70.3 Å². The number of likely N-dealkylation sites (tertiary alicyclic amines) is 1. The predicted octanol–water partition coefficient (Wildman–Crippen LogP) is 3.18. The Bertz CT molecular complexity index is 1310. The van der Waals surface area contributed by atoms with E-state index in [1.807, 2.05) is 12.1 Å². The lowest BCUT2D eigenvalue weighted by Crippen LogP contribution is -2.52. The number of hydrogen-bond donors (Lipinski definition) is 2. The summed E-state index contributed by atoms with van der Waals surface area (Å²) in [5.74, 6) is -1.09. The molecule has 0 radical (unpaired) electrons. The molecule has 0 aliphatic carbocycles. The Morgan fingerprint density at radius 3 is 2.55 bits per heavy atom. The molecule has 212 valence electrons. The molecule has 2 atom stereocenters. The van der Waals surface area contributed by atoms with Crippen molar-refractivity contribution in [1.82, 2.24) is 20.4 Å². The highest BCUT2D eigenvalue weighted by Crippen LogP contribution is 2.31. The average molecular weight is 557 g/mol. The van der Waals surface area contributed by atoms with Crippen LogP contribution >= 0.6 is 0 Å². The van der Waals surface area contributed by atoms with Crippen LogP contribution in [0.2, 0.25) is 0 Å². The molecule has 2 aromatic carbocycles. The van der Waals surface area contributed by atoms with Gasteiger partial charge in [-0.15, -0.1) is 0 Å². The Balaban J connectivity index is 1.14. The lowest BCUT2D eigenvalue weighted by atomic mass is 9.99. The van der Waals surface area contributed by atoms with E-state index in [1.165, 1.54) is 12.1 Å². The first kappa shape index (κ1) is 27.8. The number of carbonyl (C=O) groups excluding carboxylic acids is 4. The van der Waals surface area contributed by atoms with Crippen LogP contribution in [-0.4, -0.2) is 58.6 Å². The van der Waals surface area contributed by atoms with E-state index < -0.39 is 23.7 Å². The van der Waals surface area contributed by atoms with Crippen molar-refractivity contribution < 1.29 is 32.3 Å². The second-order valence-corrected chi connectivity index (χ2v) is 10.6. The van der Waals surface area contributed by atoms with Crippen molar-refractivity contribution in [2.24, 2.45) is 0 Å². The molecule has 3 aliphatic rings. The first-order chi connectivity index (χ1) is 19.1. The third-order valence-electron chi connectivity index (χ3n) is 7.98. The van der Waals surface area contributed by atoms with Crippen molar-refractivity contribution in [3.63, 3.8) is 0 Å². The second-order valence-electron chi connectivity index (χ2n) is 10.6. The van der Waals surface area contributed by atoms with Crippen LogP contribution in [0.3, 0.4) is 0 Å². The summed E-state index contributed by atoms with van der Waals surface area (Å²) in [6.45, 7) is 1.96. The Labute approximate surface area is 229 Å². The zero-order valence-electron chi connectivity index (χ0n) is 21.9. The molecule has 2 unspecified atom stereocenters. The van der Waals surface area contributed by atoms with Gasteiger partial charge in [0.15, 0.2) is 0 Å². The minimum atomic E-state index is -4.39. The summed E-state index contributed by atoms with van der Waals surface area (Å²) in [7, 11) is 0. The number of fused-ring (bicyclic) bond motifs is 1. The van der Waals surface area contributed by atoms with Gasteiger partial charge in [0.2, 0.25) is 17.7 Å². The largest absolute Gasteiger partial charge is 0.416 e. The number of hydrogen-bond acceptors (Lipinski definition) is 5. The van der Waals surface area contributed by atoms with E-state index in [2.05, 4.69) is 15.5 Å². The molecule has 3 heterocycles. The lowest BCUT2D eigenvalue weighted by Gasteiger charge is -2.29.